The van der Waals surface area contributed by atoms with Gasteiger partial charge in [0, 0.05) is 25.1 Å². The van der Waals surface area contributed by atoms with Crippen molar-refractivity contribution < 1.29 is 4.39 Å². The fourth-order valence-electron chi connectivity index (χ4n) is 2.07. The third-order valence-corrected chi connectivity index (χ3v) is 2.74. The summed E-state index contributed by atoms with van der Waals surface area (Å²) in [5.41, 5.74) is 7.52. The molecule has 92 valence electrons. The third-order valence-electron chi connectivity index (χ3n) is 2.74. The van der Waals surface area contributed by atoms with Crippen molar-refractivity contribution in [2.45, 2.75) is 39.3 Å². The van der Waals surface area contributed by atoms with Gasteiger partial charge in [-0.05, 0) is 25.5 Å². The first-order valence-electron chi connectivity index (χ1n) is 6.02. The molecular weight excluding hydrogens is 217 g/mol. The summed E-state index contributed by atoms with van der Waals surface area (Å²) in [5.74, 6) is 0.702. The molecule has 1 unspecified atom stereocenters. The molecular formula is C13H18FN3. The van der Waals surface area contributed by atoms with Crippen molar-refractivity contribution in [1.82, 2.24) is 9.55 Å². The minimum absolute atomic E-state index is 0.0623. The van der Waals surface area contributed by atoms with Crippen LogP contribution < -0.4 is 5.73 Å². The molecule has 4 heteroatoms. The van der Waals surface area contributed by atoms with Gasteiger partial charge >= 0.3 is 0 Å². The van der Waals surface area contributed by atoms with Crippen LogP contribution in [0.5, 0.6) is 0 Å². The number of halogens is 1. The summed E-state index contributed by atoms with van der Waals surface area (Å²) in [6.07, 6.45) is 1.74. The smallest absolute Gasteiger partial charge is 0.125 e. The molecule has 3 nitrogen and oxygen atoms in total. The zero-order valence-corrected chi connectivity index (χ0v) is 10.3. The predicted molar refractivity (Wildman–Crippen MR) is 67.3 cm³/mol. The molecule has 0 aliphatic rings. The SMILES string of the molecule is CCCn1c(CC(C)N)nc2cc(F)ccc21. The van der Waals surface area contributed by atoms with E-state index in [4.69, 9.17) is 5.73 Å². The molecule has 17 heavy (non-hydrogen) atoms. The van der Waals surface area contributed by atoms with E-state index >= 15 is 0 Å². The molecule has 0 radical (unpaired) electrons. The van der Waals surface area contributed by atoms with Crippen LogP contribution in [-0.4, -0.2) is 15.6 Å². The average molecular weight is 235 g/mol. The van der Waals surface area contributed by atoms with Crippen LogP contribution in [0.1, 0.15) is 26.1 Å². The molecule has 2 N–H and O–H groups in total. The van der Waals surface area contributed by atoms with Crippen LogP contribution in [0.15, 0.2) is 18.2 Å². The van der Waals surface area contributed by atoms with E-state index < -0.39 is 0 Å². The molecule has 2 rings (SSSR count). The van der Waals surface area contributed by atoms with Crippen molar-refractivity contribution in [3.05, 3.63) is 29.8 Å². The van der Waals surface area contributed by atoms with E-state index in [0.29, 0.717) is 5.52 Å². The zero-order chi connectivity index (χ0) is 12.4. The summed E-state index contributed by atoms with van der Waals surface area (Å²) in [5, 5.41) is 0. The van der Waals surface area contributed by atoms with E-state index in [1.165, 1.54) is 12.1 Å². The van der Waals surface area contributed by atoms with Crippen LogP contribution in [0.3, 0.4) is 0 Å². The van der Waals surface area contributed by atoms with Crippen molar-refractivity contribution in [2.24, 2.45) is 5.73 Å². The van der Waals surface area contributed by atoms with Gasteiger partial charge < -0.3 is 10.3 Å². The highest BCUT2D eigenvalue weighted by Crippen LogP contribution is 2.18. The highest BCUT2D eigenvalue weighted by molar-refractivity contribution is 5.76. The maximum Gasteiger partial charge on any atom is 0.125 e. The second-order valence-electron chi connectivity index (χ2n) is 4.49. The number of nitrogens with zero attached hydrogens (tertiary/aromatic N) is 2. The number of benzene rings is 1. The third kappa shape index (κ3) is 2.47. The van der Waals surface area contributed by atoms with Gasteiger partial charge in [0.05, 0.1) is 11.0 Å². The second kappa shape index (κ2) is 4.84. The summed E-state index contributed by atoms with van der Waals surface area (Å²) < 4.78 is 15.3. The van der Waals surface area contributed by atoms with Gasteiger partial charge in [-0.15, -0.1) is 0 Å². The highest BCUT2D eigenvalue weighted by atomic mass is 19.1. The van der Waals surface area contributed by atoms with Crippen LogP contribution in [0.2, 0.25) is 0 Å². The second-order valence-corrected chi connectivity index (χ2v) is 4.49. The Kier molecular flexibility index (Phi) is 3.43. The Labute approximate surface area is 100 Å². The Morgan fingerprint density at radius 1 is 1.47 bits per heavy atom. The molecule has 0 aliphatic heterocycles. The minimum atomic E-state index is -0.244. The quantitative estimate of drug-likeness (QED) is 0.884. The van der Waals surface area contributed by atoms with Crippen molar-refractivity contribution in [1.29, 1.82) is 0 Å². The molecule has 1 aromatic carbocycles. The number of imidazole rings is 1. The van der Waals surface area contributed by atoms with Gasteiger partial charge in [0.2, 0.25) is 0 Å². The van der Waals surface area contributed by atoms with Crippen LogP contribution >= 0.6 is 0 Å². The largest absolute Gasteiger partial charge is 0.328 e. The van der Waals surface area contributed by atoms with Crippen LogP contribution in [0.4, 0.5) is 4.39 Å². The summed E-state index contributed by atoms with van der Waals surface area (Å²) in [4.78, 5) is 4.48. The lowest BCUT2D eigenvalue weighted by Crippen LogP contribution is -2.20. The fourth-order valence-corrected chi connectivity index (χ4v) is 2.07. The van der Waals surface area contributed by atoms with Crippen molar-refractivity contribution in [3.8, 4) is 0 Å². The maximum absolute atomic E-state index is 13.2. The molecule has 0 fully saturated rings. The Hall–Kier alpha value is -1.42. The first-order valence-corrected chi connectivity index (χ1v) is 6.02. The highest BCUT2D eigenvalue weighted by Gasteiger charge is 2.11. The van der Waals surface area contributed by atoms with Crippen LogP contribution in [0, 0.1) is 5.82 Å². The standard InChI is InChI=1S/C13H18FN3/c1-3-6-17-12-5-4-10(14)8-11(12)16-13(17)7-9(2)15/h4-5,8-9H,3,6-7,15H2,1-2H3. The summed E-state index contributed by atoms with van der Waals surface area (Å²) in [6, 6.07) is 4.81. The van der Waals surface area contributed by atoms with Crippen LogP contribution in [0.25, 0.3) is 11.0 Å². The van der Waals surface area contributed by atoms with E-state index in [1.54, 1.807) is 6.07 Å². The molecule has 0 aliphatic carbocycles. The summed E-state index contributed by atoms with van der Waals surface area (Å²) in [6.45, 7) is 4.96. The number of aromatic nitrogens is 2. The number of hydrogen-bond acceptors (Lipinski definition) is 2. The Bertz CT molecular complexity index is 517. The van der Waals surface area contributed by atoms with Crippen molar-refractivity contribution in [2.75, 3.05) is 0 Å². The zero-order valence-electron chi connectivity index (χ0n) is 10.3. The number of hydrogen-bond donors (Lipinski definition) is 1. The number of fused-ring (bicyclic) bond motifs is 1. The summed E-state index contributed by atoms with van der Waals surface area (Å²) in [7, 11) is 0. The van der Waals surface area contributed by atoms with Gasteiger partial charge in [-0.3, -0.25) is 0 Å². The Morgan fingerprint density at radius 2 is 2.24 bits per heavy atom. The van der Waals surface area contributed by atoms with Crippen molar-refractivity contribution >= 4 is 11.0 Å². The van der Waals surface area contributed by atoms with Gasteiger partial charge in [0.25, 0.3) is 0 Å². The molecule has 0 bridgehead atoms. The van der Waals surface area contributed by atoms with Crippen LogP contribution in [-0.2, 0) is 13.0 Å². The average Bonchev–Trinajstić information content (AvgIpc) is 2.55. The van der Waals surface area contributed by atoms with E-state index in [2.05, 4.69) is 16.5 Å². The van der Waals surface area contributed by atoms with Crippen molar-refractivity contribution in [3.63, 3.8) is 0 Å². The minimum Gasteiger partial charge on any atom is -0.328 e. The molecule has 0 saturated carbocycles. The molecule has 2 aromatic rings. The molecule has 1 atom stereocenters. The van der Waals surface area contributed by atoms with Gasteiger partial charge in [-0.1, -0.05) is 6.92 Å². The maximum atomic E-state index is 13.2. The first kappa shape index (κ1) is 12.0. The number of aryl methyl sites for hydroxylation is 1. The molecule has 1 heterocycles. The summed E-state index contributed by atoms with van der Waals surface area (Å²) >= 11 is 0. The van der Waals surface area contributed by atoms with E-state index in [1.807, 2.05) is 6.92 Å². The lowest BCUT2D eigenvalue weighted by atomic mass is 10.2. The number of rotatable bonds is 4. The van der Waals surface area contributed by atoms with Gasteiger partial charge in [0.1, 0.15) is 11.6 Å². The molecule has 1 aromatic heterocycles. The van der Waals surface area contributed by atoms with E-state index in [9.17, 15) is 4.39 Å². The number of nitrogens with two attached hydrogens (primary N) is 1. The molecule has 0 amide bonds. The van der Waals surface area contributed by atoms with E-state index in [0.717, 1.165) is 30.7 Å². The lowest BCUT2D eigenvalue weighted by molar-refractivity contribution is 0.616. The van der Waals surface area contributed by atoms with Gasteiger partial charge in [0.15, 0.2) is 0 Å². The van der Waals surface area contributed by atoms with Gasteiger partial charge in [-0.2, -0.15) is 0 Å². The lowest BCUT2D eigenvalue weighted by Gasteiger charge is -2.09. The Balaban J connectivity index is 2.53. The predicted octanol–water partition coefficient (Wildman–Crippen LogP) is 2.48. The molecule has 0 saturated heterocycles. The normalized spacial score (nSPS) is 13.2. The fraction of sp³-hybridized carbons (Fsp3) is 0.462. The topological polar surface area (TPSA) is 43.8 Å². The van der Waals surface area contributed by atoms with E-state index in [-0.39, 0.29) is 11.9 Å². The Morgan fingerprint density at radius 3 is 2.88 bits per heavy atom. The first-order chi connectivity index (χ1) is 8.11. The van der Waals surface area contributed by atoms with Gasteiger partial charge in [-0.25, -0.2) is 9.37 Å². The monoisotopic (exact) mass is 235 g/mol. The molecule has 0 spiro atoms.